The van der Waals surface area contributed by atoms with Crippen molar-refractivity contribution < 1.29 is 19.4 Å². The number of para-hydroxylation sites is 1. The number of aliphatic hydroxyl groups is 1. The highest BCUT2D eigenvalue weighted by Gasteiger charge is 2.25. The van der Waals surface area contributed by atoms with Crippen molar-refractivity contribution in [3.05, 3.63) is 82.4 Å². The van der Waals surface area contributed by atoms with E-state index in [2.05, 4.69) is 29.1 Å². The third kappa shape index (κ3) is 6.70. The summed E-state index contributed by atoms with van der Waals surface area (Å²) in [5, 5.41) is 14.1. The van der Waals surface area contributed by atoms with E-state index in [1.807, 2.05) is 42.5 Å². The number of primary amides is 1. The molecule has 1 fully saturated rings. The lowest BCUT2D eigenvalue weighted by Crippen LogP contribution is -2.46. The molecule has 4 aromatic rings. The molecule has 0 bridgehead atoms. The zero-order valence-electron chi connectivity index (χ0n) is 22.7. The Kier molecular flexibility index (Phi) is 7.90. The summed E-state index contributed by atoms with van der Waals surface area (Å²) in [6.07, 6.45) is 3.78. The van der Waals surface area contributed by atoms with Gasteiger partial charge in [-0.1, -0.05) is 18.2 Å². The Morgan fingerprint density at radius 3 is 2.70 bits per heavy atom. The molecular formula is C30H35N5O5. The van der Waals surface area contributed by atoms with Crippen LogP contribution in [0.2, 0.25) is 0 Å². The average Bonchev–Trinajstić information content (AvgIpc) is 3.69. The molecule has 0 unspecified atom stereocenters. The minimum absolute atomic E-state index is 0.0951. The Bertz CT molecular complexity index is 1540. The zero-order valence-corrected chi connectivity index (χ0v) is 22.7. The number of carbonyl (C=O) groups excluding carboxylic acids is 1. The first-order chi connectivity index (χ1) is 19.2. The van der Waals surface area contributed by atoms with Gasteiger partial charge in [0.05, 0.1) is 5.52 Å². The third-order valence-electron chi connectivity index (χ3n) is 6.96. The molecule has 1 atom stereocenters. The number of H-pyrrole nitrogens is 1. The number of nitrogens with zero attached hydrogens (tertiary/aromatic N) is 2. The molecule has 2 heterocycles. The number of benzene rings is 2. The maximum Gasteiger partial charge on any atom is 0.326 e. The van der Waals surface area contributed by atoms with Crippen molar-refractivity contribution in [3.63, 3.8) is 0 Å². The molecule has 5 N–H and O–H groups in total. The first kappa shape index (κ1) is 27.4. The van der Waals surface area contributed by atoms with Gasteiger partial charge in [0.2, 0.25) is 5.88 Å². The van der Waals surface area contributed by atoms with Crippen molar-refractivity contribution in [2.75, 3.05) is 13.2 Å². The van der Waals surface area contributed by atoms with E-state index in [1.54, 1.807) is 16.7 Å². The Balaban J connectivity index is 1.14. The lowest BCUT2D eigenvalue weighted by atomic mass is 9.94. The second-order valence-corrected chi connectivity index (χ2v) is 11.0. The molecule has 0 saturated heterocycles. The van der Waals surface area contributed by atoms with E-state index in [9.17, 15) is 14.7 Å². The number of hydrogen-bond acceptors (Lipinski definition) is 7. The van der Waals surface area contributed by atoms with Crippen molar-refractivity contribution in [2.45, 2.75) is 51.3 Å². The van der Waals surface area contributed by atoms with E-state index in [0.29, 0.717) is 36.9 Å². The fourth-order valence-corrected chi connectivity index (χ4v) is 4.69. The summed E-state index contributed by atoms with van der Waals surface area (Å²) in [6.45, 7) is 5.24. The SMILES string of the molecule is CC(C)(Cc1ccc(Oc2ncccc2C(N)=O)cc1)NC[C@H](O)COc1cccc2[nH]c(=O)n(CC3CC3)c12. The molecule has 1 saturated carbocycles. The Morgan fingerprint density at radius 1 is 1.20 bits per heavy atom. The summed E-state index contributed by atoms with van der Waals surface area (Å²) >= 11 is 0. The number of aromatic nitrogens is 3. The van der Waals surface area contributed by atoms with E-state index in [4.69, 9.17) is 15.2 Å². The van der Waals surface area contributed by atoms with E-state index in [0.717, 1.165) is 29.4 Å². The number of fused-ring (bicyclic) bond motifs is 1. The molecule has 0 aliphatic heterocycles. The first-order valence-corrected chi connectivity index (χ1v) is 13.5. The van der Waals surface area contributed by atoms with Crippen LogP contribution < -0.4 is 26.2 Å². The largest absolute Gasteiger partial charge is 0.489 e. The van der Waals surface area contributed by atoms with Crippen LogP contribution in [0.5, 0.6) is 17.4 Å². The molecule has 5 rings (SSSR count). The van der Waals surface area contributed by atoms with E-state index in [-0.39, 0.29) is 29.3 Å². The number of imidazole rings is 1. The number of ether oxygens (including phenoxy) is 2. The molecular weight excluding hydrogens is 510 g/mol. The number of carbonyl (C=O) groups is 1. The minimum Gasteiger partial charge on any atom is -0.489 e. The Labute approximate surface area is 232 Å². The molecule has 10 nitrogen and oxygen atoms in total. The number of nitrogens with one attached hydrogen (secondary N) is 2. The number of pyridine rings is 1. The quantitative estimate of drug-likeness (QED) is 0.202. The number of rotatable bonds is 13. The molecule has 0 radical (unpaired) electrons. The van der Waals surface area contributed by atoms with Gasteiger partial charge in [-0.05, 0) is 81.0 Å². The van der Waals surface area contributed by atoms with Gasteiger partial charge in [-0.2, -0.15) is 0 Å². The monoisotopic (exact) mass is 545 g/mol. The number of aliphatic hydroxyl groups excluding tert-OH is 1. The number of hydrogen-bond donors (Lipinski definition) is 4. The summed E-state index contributed by atoms with van der Waals surface area (Å²) in [5.74, 6) is 1.24. The highest BCUT2D eigenvalue weighted by molar-refractivity contribution is 5.95. The molecule has 1 amide bonds. The molecule has 1 aliphatic carbocycles. The lowest BCUT2D eigenvalue weighted by molar-refractivity contribution is 0.0993. The topological polar surface area (TPSA) is 144 Å². The van der Waals surface area contributed by atoms with Crippen LogP contribution in [0.4, 0.5) is 0 Å². The summed E-state index contributed by atoms with van der Waals surface area (Å²) in [6, 6.07) is 16.3. The van der Waals surface area contributed by atoms with Crippen LogP contribution in [0.25, 0.3) is 11.0 Å². The zero-order chi connectivity index (χ0) is 28.3. The second kappa shape index (κ2) is 11.5. The molecule has 10 heteroatoms. The van der Waals surface area contributed by atoms with Crippen LogP contribution in [-0.2, 0) is 13.0 Å². The maximum absolute atomic E-state index is 12.5. The highest BCUT2D eigenvalue weighted by Crippen LogP contribution is 2.33. The molecule has 1 aliphatic rings. The van der Waals surface area contributed by atoms with Gasteiger partial charge < -0.3 is 30.6 Å². The Morgan fingerprint density at radius 2 is 1.98 bits per heavy atom. The van der Waals surface area contributed by atoms with E-state index < -0.39 is 12.0 Å². The van der Waals surface area contributed by atoms with Gasteiger partial charge in [0.25, 0.3) is 5.91 Å². The van der Waals surface area contributed by atoms with Gasteiger partial charge in [-0.15, -0.1) is 0 Å². The summed E-state index contributed by atoms with van der Waals surface area (Å²) in [5.41, 5.74) is 7.74. The predicted octanol–water partition coefficient (Wildman–Crippen LogP) is 3.38. The molecule has 0 spiro atoms. The van der Waals surface area contributed by atoms with Gasteiger partial charge in [-0.25, -0.2) is 9.78 Å². The second-order valence-electron chi connectivity index (χ2n) is 11.0. The molecule has 210 valence electrons. The van der Waals surface area contributed by atoms with Gasteiger partial charge in [0, 0.05) is 24.8 Å². The highest BCUT2D eigenvalue weighted by atomic mass is 16.5. The van der Waals surface area contributed by atoms with Crippen LogP contribution in [0.3, 0.4) is 0 Å². The molecule has 40 heavy (non-hydrogen) atoms. The number of aromatic amines is 1. The van der Waals surface area contributed by atoms with Crippen LogP contribution in [0.15, 0.2) is 65.6 Å². The van der Waals surface area contributed by atoms with E-state index >= 15 is 0 Å². The summed E-state index contributed by atoms with van der Waals surface area (Å²) in [4.78, 5) is 31.1. The minimum atomic E-state index is -0.745. The fourth-order valence-electron chi connectivity index (χ4n) is 4.69. The Hall–Kier alpha value is -4.15. The van der Waals surface area contributed by atoms with Gasteiger partial charge in [0.15, 0.2) is 0 Å². The predicted molar refractivity (Wildman–Crippen MR) is 152 cm³/mol. The standard InChI is InChI=1S/C30H35N5O5/c1-30(2,15-19-10-12-22(13-11-19)40-28-23(27(31)37)5-4-14-32-28)33-16-21(36)18-39-25-7-3-6-24-26(25)35(29(38)34-24)17-20-8-9-20/h3-7,10-14,20-21,33,36H,8-9,15-18H2,1-2H3,(H2,31,37)(H,34,38)/t21-/m0/s1. The van der Waals surface area contributed by atoms with E-state index in [1.165, 1.54) is 6.20 Å². The summed E-state index contributed by atoms with van der Waals surface area (Å²) < 4.78 is 13.5. The van der Waals surface area contributed by atoms with Gasteiger partial charge in [-0.3, -0.25) is 9.36 Å². The smallest absolute Gasteiger partial charge is 0.326 e. The van der Waals surface area contributed by atoms with Crippen molar-refractivity contribution in [2.24, 2.45) is 11.7 Å². The van der Waals surface area contributed by atoms with Crippen molar-refractivity contribution in [3.8, 4) is 17.4 Å². The summed E-state index contributed by atoms with van der Waals surface area (Å²) in [7, 11) is 0. The van der Waals surface area contributed by atoms with Crippen molar-refractivity contribution in [1.29, 1.82) is 0 Å². The van der Waals surface area contributed by atoms with Crippen molar-refractivity contribution >= 4 is 16.9 Å². The van der Waals surface area contributed by atoms with Crippen LogP contribution in [0, 0.1) is 5.92 Å². The van der Waals surface area contributed by atoms with Gasteiger partial charge in [0.1, 0.15) is 35.3 Å². The van der Waals surface area contributed by atoms with Crippen LogP contribution >= 0.6 is 0 Å². The number of nitrogens with two attached hydrogens (primary N) is 1. The van der Waals surface area contributed by atoms with Crippen LogP contribution in [0.1, 0.15) is 42.6 Å². The van der Waals surface area contributed by atoms with Crippen LogP contribution in [-0.4, -0.2) is 50.3 Å². The maximum atomic E-state index is 12.5. The molecule has 2 aromatic carbocycles. The fraction of sp³-hybridized carbons (Fsp3) is 0.367. The number of amides is 1. The lowest BCUT2D eigenvalue weighted by Gasteiger charge is -2.28. The van der Waals surface area contributed by atoms with Crippen molar-refractivity contribution in [1.82, 2.24) is 19.9 Å². The third-order valence-corrected chi connectivity index (χ3v) is 6.96. The normalized spacial score (nSPS) is 14.3. The first-order valence-electron chi connectivity index (χ1n) is 13.5. The number of β-amino-alcohol motifs (C(OH)–C–C–N with tert-alkyl or cyclic N) is 1. The molecule has 2 aromatic heterocycles. The van der Waals surface area contributed by atoms with Gasteiger partial charge >= 0.3 is 5.69 Å². The average molecular weight is 546 g/mol.